The lowest BCUT2D eigenvalue weighted by Gasteiger charge is -2.25. The number of anilines is 1. The molecule has 0 radical (unpaired) electrons. The minimum atomic E-state index is 0.0310. The molecule has 0 fully saturated rings. The zero-order valence-electron chi connectivity index (χ0n) is 13.7. The summed E-state index contributed by atoms with van der Waals surface area (Å²) < 4.78 is 0. The Hall–Kier alpha value is -2.57. The van der Waals surface area contributed by atoms with Gasteiger partial charge in [0.15, 0.2) is 0 Å². The molecule has 0 atom stereocenters. The molecule has 0 bridgehead atoms. The first-order chi connectivity index (χ1) is 11.3. The van der Waals surface area contributed by atoms with Crippen LogP contribution in [-0.2, 0) is 11.3 Å². The first-order valence-corrected chi connectivity index (χ1v) is 7.99. The van der Waals surface area contributed by atoms with E-state index in [1.807, 2.05) is 62.4 Å². The number of nitrogens with two attached hydrogens (primary N) is 1. The minimum Gasteiger partial charge on any atom is -0.330 e. The molecule has 2 aromatic carbocycles. The van der Waals surface area contributed by atoms with Gasteiger partial charge in [0.05, 0.1) is 12.2 Å². The average molecular weight is 306 g/mol. The van der Waals surface area contributed by atoms with E-state index in [0.29, 0.717) is 19.5 Å². The summed E-state index contributed by atoms with van der Waals surface area (Å²) in [6.07, 6.45) is 0.337. The number of hydrogen-bond acceptors (Lipinski definition) is 2. The van der Waals surface area contributed by atoms with Gasteiger partial charge < -0.3 is 10.6 Å². The molecule has 23 heavy (non-hydrogen) atoms. The Morgan fingerprint density at radius 3 is 2.39 bits per heavy atom. The molecule has 1 amide bonds. The smallest absolute Gasteiger partial charge is 0.228 e. The fraction of sp³-hybridized carbons (Fsp3) is 0.250. The van der Waals surface area contributed by atoms with Crippen molar-refractivity contribution >= 4 is 11.6 Å². The molecule has 1 heterocycles. The average Bonchev–Trinajstić information content (AvgIpc) is 2.59. The van der Waals surface area contributed by atoms with Crippen LogP contribution in [0.4, 0.5) is 5.69 Å². The summed E-state index contributed by atoms with van der Waals surface area (Å²) in [5.41, 5.74) is 9.31. The van der Waals surface area contributed by atoms with E-state index in [2.05, 4.69) is 11.8 Å². The Balaban J connectivity index is 0.000000924. The van der Waals surface area contributed by atoms with Crippen molar-refractivity contribution in [1.82, 2.24) is 0 Å². The van der Waals surface area contributed by atoms with Crippen molar-refractivity contribution in [3.63, 3.8) is 0 Å². The van der Waals surface area contributed by atoms with Crippen molar-refractivity contribution in [3.05, 3.63) is 65.2 Å². The monoisotopic (exact) mass is 306 g/mol. The fourth-order valence-corrected chi connectivity index (χ4v) is 2.47. The number of nitrogens with zero attached hydrogens (tertiary/aromatic N) is 1. The SMILES string of the molecule is CC.NCCC(=O)N1Cc2ccccc2C#Cc2ccccc21. The summed E-state index contributed by atoms with van der Waals surface area (Å²) in [6, 6.07) is 15.7. The molecular weight excluding hydrogens is 284 g/mol. The first kappa shape index (κ1) is 16.8. The lowest BCUT2D eigenvalue weighted by Crippen LogP contribution is -2.33. The summed E-state index contributed by atoms with van der Waals surface area (Å²) in [4.78, 5) is 14.2. The molecule has 1 aliphatic rings. The van der Waals surface area contributed by atoms with E-state index < -0.39 is 0 Å². The predicted molar refractivity (Wildman–Crippen MR) is 95.1 cm³/mol. The third-order valence-corrected chi connectivity index (χ3v) is 3.53. The number of carbonyl (C=O) groups excluding carboxylic acids is 1. The lowest BCUT2D eigenvalue weighted by atomic mass is 10.0. The number of rotatable bonds is 2. The van der Waals surface area contributed by atoms with Crippen LogP contribution in [0.15, 0.2) is 48.5 Å². The van der Waals surface area contributed by atoms with Crippen LogP contribution in [-0.4, -0.2) is 12.5 Å². The van der Waals surface area contributed by atoms with Gasteiger partial charge in [0.1, 0.15) is 0 Å². The van der Waals surface area contributed by atoms with Gasteiger partial charge in [-0.1, -0.05) is 56.0 Å². The van der Waals surface area contributed by atoms with Gasteiger partial charge in [-0.05, 0) is 23.8 Å². The molecule has 0 aliphatic carbocycles. The van der Waals surface area contributed by atoms with E-state index in [1.54, 1.807) is 4.90 Å². The maximum absolute atomic E-state index is 12.4. The van der Waals surface area contributed by atoms with Crippen molar-refractivity contribution in [2.24, 2.45) is 5.73 Å². The van der Waals surface area contributed by atoms with Crippen LogP contribution in [0.1, 0.15) is 37.0 Å². The van der Waals surface area contributed by atoms with Gasteiger partial charge in [-0.2, -0.15) is 0 Å². The van der Waals surface area contributed by atoms with Crippen molar-refractivity contribution < 1.29 is 4.79 Å². The van der Waals surface area contributed by atoms with E-state index >= 15 is 0 Å². The number of carbonyl (C=O) groups is 1. The third kappa shape index (κ3) is 3.80. The number of para-hydroxylation sites is 1. The highest BCUT2D eigenvalue weighted by atomic mass is 16.2. The molecule has 0 aromatic heterocycles. The molecule has 3 nitrogen and oxygen atoms in total. The van der Waals surface area contributed by atoms with Crippen molar-refractivity contribution in [1.29, 1.82) is 0 Å². The molecule has 3 heteroatoms. The minimum absolute atomic E-state index is 0.0310. The molecule has 2 N–H and O–H groups in total. The van der Waals surface area contributed by atoms with Crippen LogP contribution in [0.5, 0.6) is 0 Å². The summed E-state index contributed by atoms with van der Waals surface area (Å²) >= 11 is 0. The van der Waals surface area contributed by atoms with Crippen molar-refractivity contribution in [3.8, 4) is 11.8 Å². The van der Waals surface area contributed by atoms with Crippen LogP contribution < -0.4 is 10.6 Å². The zero-order valence-corrected chi connectivity index (χ0v) is 13.7. The highest BCUT2D eigenvalue weighted by molar-refractivity contribution is 5.95. The Bertz CT molecular complexity index is 741. The fourth-order valence-electron chi connectivity index (χ4n) is 2.47. The maximum atomic E-state index is 12.4. The topological polar surface area (TPSA) is 46.3 Å². The number of amides is 1. The quantitative estimate of drug-likeness (QED) is 0.865. The Kier molecular flexibility index (Phi) is 5.96. The largest absolute Gasteiger partial charge is 0.330 e. The number of fused-ring (bicyclic) bond motifs is 2. The molecule has 0 saturated heterocycles. The molecule has 1 aliphatic heterocycles. The molecule has 118 valence electrons. The first-order valence-electron chi connectivity index (χ1n) is 7.99. The van der Waals surface area contributed by atoms with Crippen LogP contribution in [0.3, 0.4) is 0 Å². The summed E-state index contributed by atoms with van der Waals surface area (Å²) in [7, 11) is 0. The van der Waals surface area contributed by atoms with Crippen LogP contribution in [0.2, 0.25) is 0 Å². The Morgan fingerprint density at radius 2 is 1.65 bits per heavy atom. The van der Waals surface area contributed by atoms with Gasteiger partial charge in [0, 0.05) is 24.1 Å². The van der Waals surface area contributed by atoms with E-state index in [4.69, 9.17) is 5.73 Å². The van der Waals surface area contributed by atoms with Gasteiger partial charge in [-0.25, -0.2) is 0 Å². The van der Waals surface area contributed by atoms with Crippen molar-refractivity contribution in [2.45, 2.75) is 26.8 Å². The van der Waals surface area contributed by atoms with E-state index in [0.717, 1.165) is 22.4 Å². The van der Waals surface area contributed by atoms with E-state index in [-0.39, 0.29) is 5.91 Å². The van der Waals surface area contributed by atoms with E-state index in [1.165, 1.54) is 0 Å². The van der Waals surface area contributed by atoms with Gasteiger partial charge in [0.2, 0.25) is 5.91 Å². The van der Waals surface area contributed by atoms with Crippen molar-refractivity contribution in [2.75, 3.05) is 11.4 Å². The second-order valence-electron chi connectivity index (χ2n) is 4.94. The normalized spacial score (nSPS) is 11.5. The van der Waals surface area contributed by atoms with E-state index in [9.17, 15) is 4.79 Å². The third-order valence-electron chi connectivity index (χ3n) is 3.53. The summed E-state index contributed by atoms with van der Waals surface area (Å²) in [5, 5.41) is 0. The lowest BCUT2D eigenvalue weighted by molar-refractivity contribution is -0.118. The molecule has 0 saturated carbocycles. The zero-order chi connectivity index (χ0) is 16.7. The Labute approximate surface area is 138 Å². The molecule has 0 spiro atoms. The number of benzene rings is 2. The second-order valence-corrected chi connectivity index (χ2v) is 4.94. The summed E-state index contributed by atoms with van der Waals surface area (Å²) in [5.74, 6) is 6.40. The van der Waals surface area contributed by atoms with Crippen LogP contribution in [0.25, 0.3) is 0 Å². The summed E-state index contributed by atoms with van der Waals surface area (Å²) in [6.45, 7) is 4.88. The number of hydrogen-bond donors (Lipinski definition) is 1. The molecule has 0 unspecified atom stereocenters. The standard InChI is InChI=1S/C18H16N2O.C2H6/c19-12-11-18(21)20-13-16-7-2-1-5-14(16)9-10-15-6-3-4-8-17(15)20;1-2/h1-8H,11-13,19H2;1-2H3. The van der Waals surface area contributed by atoms with Crippen LogP contribution in [0, 0.1) is 11.8 Å². The van der Waals surface area contributed by atoms with Crippen LogP contribution >= 0.6 is 0 Å². The highest BCUT2D eigenvalue weighted by Gasteiger charge is 2.20. The highest BCUT2D eigenvalue weighted by Crippen LogP contribution is 2.25. The molecule has 2 aromatic rings. The maximum Gasteiger partial charge on any atom is 0.228 e. The molecular formula is C20H22N2O. The van der Waals surface area contributed by atoms with Gasteiger partial charge in [-0.3, -0.25) is 4.79 Å². The van der Waals surface area contributed by atoms with Gasteiger partial charge in [0.25, 0.3) is 0 Å². The molecule has 3 rings (SSSR count). The predicted octanol–water partition coefficient (Wildman–Crippen LogP) is 3.31. The second kappa shape index (κ2) is 8.17. The Morgan fingerprint density at radius 1 is 1.04 bits per heavy atom. The van der Waals surface area contributed by atoms with Gasteiger partial charge in [-0.15, -0.1) is 0 Å². The van der Waals surface area contributed by atoms with Gasteiger partial charge >= 0.3 is 0 Å².